The molecule has 2 rings (SSSR count). The average molecular weight is 336 g/mol. The molecule has 0 N–H and O–H groups in total. The quantitative estimate of drug-likeness (QED) is 0.604. The topological polar surface area (TPSA) is 18.5 Å². The Morgan fingerprint density at radius 2 is 0.857 bits per heavy atom. The van der Waals surface area contributed by atoms with E-state index in [0.717, 1.165) is 33.8 Å². The SMILES string of the molecule is COc1c(C)c[c-]cc1C.COc1c(C)c[c-]cc1C.[Zn+2]. The zero-order valence-electron chi connectivity index (χ0n) is 13.8. The van der Waals surface area contributed by atoms with E-state index in [1.807, 2.05) is 52.0 Å². The third kappa shape index (κ3) is 5.51. The van der Waals surface area contributed by atoms with Crippen molar-refractivity contribution in [1.29, 1.82) is 0 Å². The molecule has 3 heteroatoms. The van der Waals surface area contributed by atoms with Crippen LogP contribution in [-0.2, 0) is 19.5 Å². The van der Waals surface area contributed by atoms with E-state index >= 15 is 0 Å². The zero-order chi connectivity index (χ0) is 15.1. The molecule has 0 saturated carbocycles. The summed E-state index contributed by atoms with van der Waals surface area (Å²) >= 11 is 0. The molecule has 0 atom stereocenters. The van der Waals surface area contributed by atoms with Crippen LogP contribution in [0.2, 0.25) is 0 Å². The van der Waals surface area contributed by atoms with Gasteiger partial charge < -0.3 is 9.47 Å². The molecular weight excluding hydrogens is 314 g/mol. The predicted molar refractivity (Wildman–Crippen MR) is 82.6 cm³/mol. The maximum atomic E-state index is 5.16. The average Bonchev–Trinajstić information content (AvgIpc) is 2.40. The maximum Gasteiger partial charge on any atom is 2.00 e. The minimum Gasteiger partial charge on any atom is -0.522 e. The molecule has 0 aliphatic rings. The van der Waals surface area contributed by atoms with Gasteiger partial charge in [-0.2, -0.15) is 36.4 Å². The van der Waals surface area contributed by atoms with Crippen molar-refractivity contribution >= 4 is 0 Å². The van der Waals surface area contributed by atoms with E-state index in [2.05, 4.69) is 12.1 Å². The van der Waals surface area contributed by atoms with E-state index < -0.39 is 0 Å². The number of rotatable bonds is 2. The zero-order valence-corrected chi connectivity index (χ0v) is 16.8. The Bertz CT molecular complexity index is 473. The molecular formula is C18H22O2Zn. The summed E-state index contributed by atoms with van der Waals surface area (Å²) in [6.07, 6.45) is 0. The molecule has 0 radical (unpaired) electrons. The van der Waals surface area contributed by atoms with E-state index in [4.69, 9.17) is 9.47 Å². The number of aryl methyl sites for hydroxylation is 4. The van der Waals surface area contributed by atoms with Gasteiger partial charge in [0, 0.05) is 11.5 Å². The van der Waals surface area contributed by atoms with Gasteiger partial charge in [-0.05, 0) is 0 Å². The summed E-state index contributed by atoms with van der Waals surface area (Å²) in [5.41, 5.74) is 4.56. The van der Waals surface area contributed by atoms with Crippen LogP contribution >= 0.6 is 0 Å². The van der Waals surface area contributed by atoms with Crippen LogP contribution in [0.5, 0.6) is 11.5 Å². The van der Waals surface area contributed by atoms with Gasteiger partial charge in [-0.25, -0.2) is 0 Å². The van der Waals surface area contributed by atoms with E-state index in [-0.39, 0.29) is 19.5 Å². The van der Waals surface area contributed by atoms with Crippen molar-refractivity contribution in [2.75, 3.05) is 14.2 Å². The third-order valence-corrected chi connectivity index (χ3v) is 3.04. The summed E-state index contributed by atoms with van der Waals surface area (Å²) in [5.74, 6) is 1.94. The molecule has 2 aromatic carbocycles. The molecule has 0 aliphatic carbocycles. The second kappa shape index (κ2) is 9.57. The predicted octanol–water partition coefficient (Wildman–Crippen LogP) is 4.22. The second-order valence-electron chi connectivity index (χ2n) is 4.71. The number of benzene rings is 2. The number of hydrogen-bond donors (Lipinski definition) is 0. The van der Waals surface area contributed by atoms with Crippen LogP contribution in [0, 0.1) is 39.8 Å². The van der Waals surface area contributed by atoms with Gasteiger partial charge in [0.25, 0.3) is 0 Å². The van der Waals surface area contributed by atoms with Crippen LogP contribution < -0.4 is 9.47 Å². The molecule has 21 heavy (non-hydrogen) atoms. The van der Waals surface area contributed by atoms with Crippen molar-refractivity contribution in [1.82, 2.24) is 0 Å². The van der Waals surface area contributed by atoms with Crippen LogP contribution in [0.15, 0.2) is 24.3 Å². The molecule has 0 amide bonds. The smallest absolute Gasteiger partial charge is 0.522 e. The van der Waals surface area contributed by atoms with Crippen molar-refractivity contribution < 1.29 is 29.0 Å². The fraction of sp³-hybridized carbons (Fsp3) is 0.333. The summed E-state index contributed by atoms with van der Waals surface area (Å²) in [6.45, 7) is 8.06. The third-order valence-electron chi connectivity index (χ3n) is 3.04. The van der Waals surface area contributed by atoms with Gasteiger partial charge >= 0.3 is 19.5 Å². The number of methoxy groups -OCH3 is 2. The number of hydrogen-bond acceptors (Lipinski definition) is 2. The first-order valence-corrected chi connectivity index (χ1v) is 6.53. The minimum absolute atomic E-state index is 0. The Morgan fingerprint density at radius 3 is 1.00 bits per heavy atom. The van der Waals surface area contributed by atoms with Gasteiger partial charge in [0.05, 0.1) is 14.2 Å². The summed E-state index contributed by atoms with van der Waals surface area (Å²) in [5, 5.41) is 0. The largest absolute Gasteiger partial charge is 2.00 e. The Kier molecular flexibility index (Phi) is 8.96. The van der Waals surface area contributed by atoms with Gasteiger partial charge in [-0.3, -0.25) is 0 Å². The van der Waals surface area contributed by atoms with E-state index in [0.29, 0.717) is 0 Å². The molecule has 0 unspecified atom stereocenters. The van der Waals surface area contributed by atoms with E-state index in [1.165, 1.54) is 0 Å². The molecule has 0 aliphatic heterocycles. The fourth-order valence-electron chi connectivity index (χ4n) is 2.11. The molecule has 0 bridgehead atoms. The molecule has 0 aromatic heterocycles. The number of ether oxygens (including phenoxy) is 2. The summed E-state index contributed by atoms with van der Waals surface area (Å²) < 4.78 is 10.3. The van der Waals surface area contributed by atoms with Crippen LogP contribution in [0.4, 0.5) is 0 Å². The van der Waals surface area contributed by atoms with Crippen LogP contribution in [0.3, 0.4) is 0 Å². The monoisotopic (exact) mass is 334 g/mol. The Hall–Kier alpha value is -1.34. The first kappa shape index (κ1) is 19.7. The standard InChI is InChI=1S/2C9H11O.Zn/c2*1-7-5-4-6-8(2)9(7)10-3;/h2*5-6H,1-3H3;/q2*-1;+2. The van der Waals surface area contributed by atoms with Crippen molar-refractivity contribution in [2.24, 2.45) is 0 Å². The van der Waals surface area contributed by atoms with E-state index in [9.17, 15) is 0 Å². The van der Waals surface area contributed by atoms with Gasteiger partial charge in [0.2, 0.25) is 0 Å². The fourth-order valence-corrected chi connectivity index (χ4v) is 2.11. The Balaban J connectivity index is 0.000000364. The molecule has 0 saturated heterocycles. The first-order chi connectivity index (χ1) is 9.51. The van der Waals surface area contributed by atoms with Gasteiger partial charge in [0.1, 0.15) is 0 Å². The van der Waals surface area contributed by atoms with Crippen LogP contribution in [0.25, 0.3) is 0 Å². The van der Waals surface area contributed by atoms with Crippen molar-refractivity contribution in [2.45, 2.75) is 27.7 Å². The molecule has 0 fully saturated rings. The molecule has 108 valence electrons. The Labute approximate surface area is 141 Å². The van der Waals surface area contributed by atoms with Crippen LogP contribution in [-0.4, -0.2) is 14.2 Å². The second-order valence-corrected chi connectivity index (χ2v) is 4.71. The first-order valence-electron chi connectivity index (χ1n) is 6.53. The van der Waals surface area contributed by atoms with Gasteiger partial charge in [-0.1, -0.05) is 27.7 Å². The van der Waals surface area contributed by atoms with Crippen molar-refractivity contribution in [3.63, 3.8) is 0 Å². The van der Waals surface area contributed by atoms with E-state index in [1.54, 1.807) is 14.2 Å². The molecule has 0 spiro atoms. The van der Waals surface area contributed by atoms with Crippen molar-refractivity contribution in [3.8, 4) is 11.5 Å². The maximum absolute atomic E-state index is 5.16. The molecule has 0 heterocycles. The molecule has 2 nitrogen and oxygen atoms in total. The van der Waals surface area contributed by atoms with Crippen LogP contribution in [0.1, 0.15) is 22.3 Å². The Morgan fingerprint density at radius 1 is 0.619 bits per heavy atom. The van der Waals surface area contributed by atoms with Gasteiger partial charge in [0.15, 0.2) is 0 Å². The minimum atomic E-state index is 0. The van der Waals surface area contributed by atoms with Crippen molar-refractivity contribution in [3.05, 3.63) is 58.7 Å². The normalized spacial score (nSPS) is 9.05. The van der Waals surface area contributed by atoms with Gasteiger partial charge in [-0.15, -0.1) is 22.3 Å². The summed E-state index contributed by atoms with van der Waals surface area (Å²) in [4.78, 5) is 0. The molecule has 2 aromatic rings. The summed E-state index contributed by atoms with van der Waals surface area (Å²) in [7, 11) is 3.38. The summed E-state index contributed by atoms with van der Waals surface area (Å²) in [6, 6.07) is 13.7.